The van der Waals surface area contributed by atoms with Gasteiger partial charge >= 0.3 is 0 Å². The Bertz CT molecular complexity index is 376. The van der Waals surface area contributed by atoms with Crippen molar-refractivity contribution in [2.45, 2.75) is 19.3 Å². The second-order valence-electron chi connectivity index (χ2n) is 4.10. The highest BCUT2D eigenvalue weighted by molar-refractivity contribution is 5.80. The number of para-hydroxylation sites is 1. The van der Waals surface area contributed by atoms with Crippen molar-refractivity contribution in [2.24, 2.45) is 0 Å². The Morgan fingerprint density at radius 2 is 2.19 bits per heavy atom. The van der Waals surface area contributed by atoms with Crippen LogP contribution in [0.1, 0.15) is 18.4 Å². The van der Waals surface area contributed by atoms with Gasteiger partial charge in [0.1, 0.15) is 5.75 Å². The summed E-state index contributed by atoms with van der Waals surface area (Å²) in [7, 11) is 1.71. The molecule has 3 heteroatoms. The summed E-state index contributed by atoms with van der Waals surface area (Å²) in [5, 5.41) is 7.76. The van der Waals surface area contributed by atoms with Crippen LogP contribution >= 0.6 is 0 Å². The molecule has 0 radical (unpaired) electrons. The summed E-state index contributed by atoms with van der Waals surface area (Å²) < 4.78 is 5.32. The molecule has 0 bridgehead atoms. The van der Waals surface area contributed by atoms with Crippen LogP contribution in [0.25, 0.3) is 0 Å². The maximum absolute atomic E-state index is 7.76. The lowest BCUT2D eigenvalue weighted by molar-refractivity contribution is 0.403. The van der Waals surface area contributed by atoms with Gasteiger partial charge in [0.2, 0.25) is 0 Å². The number of rotatable bonds is 4. The first-order chi connectivity index (χ1) is 7.81. The van der Waals surface area contributed by atoms with Crippen molar-refractivity contribution in [3.8, 4) is 5.75 Å². The number of ether oxygens (including phenoxy) is 1. The van der Waals surface area contributed by atoms with Gasteiger partial charge in [-0.25, -0.2) is 0 Å². The molecule has 0 spiro atoms. The van der Waals surface area contributed by atoms with E-state index in [0.717, 1.165) is 43.9 Å². The van der Waals surface area contributed by atoms with Crippen molar-refractivity contribution in [3.05, 3.63) is 29.8 Å². The summed E-state index contributed by atoms with van der Waals surface area (Å²) >= 11 is 0. The number of methoxy groups -OCH3 is 1. The van der Waals surface area contributed by atoms with Crippen LogP contribution in [-0.2, 0) is 6.42 Å². The highest BCUT2D eigenvalue weighted by Crippen LogP contribution is 2.19. The molecule has 86 valence electrons. The van der Waals surface area contributed by atoms with Crippen molar-refractivity contribution in [2.75, 3.05) is 20.2 Å². The van der Waals surface area contributed by atoms with E-state index in [1.165, 1.54) is 5.56 Å². The molecule has 1 aromatic carbocycles. The molecule has 0 aliphatic carbocycles. The van der Waals surface area contributed by atoms with Crippen LogP contribution < -0.4 is 4.74 Å². The molecule has 1 aliphatic heterocycles. The Kier molecular flexibility index (Phi) is 3.44. The summed E-state index contributed by atoms with van der Waals surface area (Å²) in [6.45, 7) is 1.97. The number of hydrogen-bond donors (Lipinski definition) is 1. The zero-order valence-electron chi connectivity index (χ0n) is 9.70. The Morgan fingerprint density at radius 3 is 2.88 bits per heavy atom. The number of hydrogen-bond acceptors (Lipinski definition) is 2. The molecule has 0 amide bonds. The zero-order valence-corrected chi connectivity index (χ0v) is 9.70. The summed E-state index contributed by atoms with van der Waals surface area (Å²) in [5.74, 6) is 1.74. The fourth-order valence-electron chi connectivity index (χ4n) is 2.14. The van der Waals surface area contributed by atoms with E-state index in [1.807, 2.05) is 18.2 Å². The van der Waals surface area contributed by atoms with Gasteiger partial charge in [0.25, 0.3) is 0 Å². The molecule has 16 heavy (non-hydrogen) atoms. The molecule has 3 nitrogen and oxygen atoms in total. The first-order valence-corrected chi connectivity index (χ1v) is 5.75. The lowest BCUT2D eigenvalue weighted by Crippen LogP contribution is -2.26. The maximum atomic E-state index is 7.76. The van der Waals surface area contributed by atoms with Gasteiger partial charge in [-0.2, -0.15) is 0 Å². The fourth-order valence-corrected chi connectivity index (χ4v) is 2.14. The normalized spacial score (nSPS) is 15.6. The van der Waals surface area contributed by atoms with Crippen LogP contribution in [0, 0.1) is 5.41 Å². The Labute approximate surface area is 96.5 Å². The predicted octanol–water partition coefficient (Wildman–Crippen LogP) is 2.31. The molecule has 0 unspecified atom stereocenters. The van der Waals surface area contributed by atoms with E-state index in [1.54, 1.807) is 7.11 Å². The topological polar surface area (TPSA) is 36.3 Å². The van der Waals surface area contributed by atoms with Crippen LogP contribution in [0.2, 0.25) is 0 Å². The zero-order chi connectivity index (χ0) is 11.4. The molecule has 1 aromatic rings. The summed E-state index contributed by atoms with van der Waals surface area (Å²) in [4.78, 5) is 2.16. The molecule has 0 atom stereocenters. The minimum atomic E-state index is 0.787. The molecule has 0 saturated carbocycles. The monoisotopic (exact) mass is 218 g/mol. The van der Waals surface area contributed by atoms with Gasteiger partial charge in [-0.05, 0) is 24.5 Å². The predicted molar refractivity (Wildman–Crippen MR) is 65.2 cm³/mol. The van der Waals surface area contributed by atoms with Crippen molar-refractivity contribution in [3.63, 3.8) is 0 Å². The van der Waals surface area contributed by atoms with Gasteiger partial charge in [0, 0.05) is 19.5 Å². The van der Waals surface area contributed by atoms with E-state index in [-0.39, 0.29) is 0 Å². The van der Waals surface area contributed by atoms with Gasteiger partial charge in [0.05, 0.1) is 12.9 Å². The molecule has 0 aromatic heterocycles. The van der Waals surface area contributed by atoms with Crippen molar-refractivity contribution >= 4 is 5.84 Å². The summed E-state index contributed by atoms with van der Waals surface area (Å²) in [6, 6.07) is 8.11. The standard InChI is InChI=1S/C13H18N2O/c1-16-12-6-3-2-5-11(12)8-10-15-9-4-7-13(15)14/h2-3,5-6,14H,4,7-10H2,1H3. The molecule has 2 rings (SSSR count). The smallest absolute Gasteiger partial charge is 0.122 e. The third kappa shape index (κ3) is 2.35. The highest BCUT2D eigenvalue weighted by atomic mass is 16.5. The molecule has 1 saturated heterocycles. The number of likely N-dealkylation sites (tertiary alicyclic amines) is 1. The van der Waals surface area contributed by atoms with E-state index in [4.69, 9.17) is 10.1 Å². The van der Waals surface area contributed by atoms with E-state index in [0.29, 0.717) is 0 Å². The Balaban J connectivity index is 1.96. The Morgan fingerprint density at radius 1 is 1.38 bits per heavy atom. The van der Waals surface area contributed by atoms with Gasteiger partial charge < -0.3 is 9.64 Å². The SMILES string of the molecule is COc1ccccc1CCN1CCCC1=N. The largest absolute Gasteiger partial charge is 0.496 e. The lowest BCUT2D eigenvalue weighted by atomic mass is 10.1. The molecular weight excluding hydrogens is 200 g/mol. The van der Waals surface area contributed by atoms with Crippen LogP contribution in [0.5, 0.6) is 5.75 Å². The second-order valence-corrected chi connectivity index (χ2v) is 4.10. The minimum absolute atomic E-state index is 0.787. The molecular formula is C13H18N2O. The maximum Gasteiger partial charge on any atom is 0.122 e. The number of nitrogens with zero attached hydrogens (tertiary/aromatic N) is 1. The fraction of sp³-hybridized carbons (Fsp3) is 0.462. The van der Waals surface area contributed by atoms with Crippen LogP contribution in [-0.4, -0.2) is 30.9 Å². The number of benzene rings is 1. The van der Waals surface area contributed by atoms with Gasteiger partial charge in [-0.3, -0.25) is 5.41 Å². The molecule has 1 fully saturated rings. The minimum Gasteiger partial charge on any atom is -0.496 e. The van der Waals surface area contributed by atoms with Crippen molar-refractivity contribution in [1.29, 1.82) is 5.41 Å². The number of amidine groups is 1. The average molecular weight is 218 g/mol. The van der Waals surface area contributed by atoms with Gasteiger partial charge in [-0.15, -0.1) is 0 Å². The van der Waals surface area contributed by atoms with E-state index in [9.17, 15) is 0 Å². The lowest BCUT2D eigenvalue weighted by Gasteiger charge is -2.18. The average Bonchev–Trinajstić information content (AvgIpc) is 2.72. The molecule has 1 aliphatic rings. The first kappa shape index (κ1) is 11.0. The van der Waals surface area contributed by atoms with Crippen molar-refractivity contribution < 1.29 is 4.74 Å². The quantitative estimate of drug-likeness (QED) is 0.842. The van der Waals surface area contributed by atoms with Crippen LogP contribution in [0.15, 0.2) is 24.3 Å². The van der Waals surface area contributed by atoms with Crippen molar-refractivity contribution in [1.82, 2.24) is 4.90 Å². The van der Waals surface area contributed by atoms with Gasteiger partial charge in [-0.1, -0.05) is 18.2 Å². The van der Waals surface area contributed by atoms with Crippen LogP contribution in [0.3, 0.4) is 0 Å². The van der Waals surface area contributed by atoms with Gasteiger partial charge in [0.15, 0.2) is 0 Å². The summed E-state index contributed by atoms with van der Waals surface area (Å²) in [5.41, 5.74) is 1.23. The highest BCUT2D eigenvalue weighted by Gasteiger charge is 2.16. The van der Waals surface area contributed by atoms with E-state index in [2.05, 4.69) is 11.0 Å². The second kappa shape index (κ2) is 5.01. The third-order valence-electron chi connectivity index (χ3n) is 3.07. The third-order valence-corrected chi connectivity index (χ3v) is 3.07. The van der Waals surface area contributed by atoms with Crippen LogP contribution in [0.4, 0.5) is 0 Å². The first-order valence-electron chi connectivity index (χ1n) is 5.75. The number of nitrogens with one attached hydrogen (secondary N) is 1. The van der Waals surface area contributed by atoms with E-state index >= 15 is 0 Å². The molecule has 1 heterocycles. The van der Waals surface area contributed by atoms with E-state index < -0.39 is 0 Å². The molecule has 1 N–H and O–H groups in total. The summed E-state index contributed by atoms with van der Waals surface area (Å²) in [6.07, 6.45) is 3.02. The Hall–Kier alpha value is -1.51.